The molecule has 71 heavy (non-hydrogen) atoms. The first kappa shape index (κ1) is 57.9. The molecule has 1 aromatic carbocycles. The van der Waals surface area contributed by atoms with E-state index in [4.69, 9.17) is 30.5 Å². The third kappa shape index (κ3) is 15.1. The average Bonchev–Trinajstić information content (AvgIpc) is 3.98. The molecule has 4 amide bonds. The number of nitrogens with one attached hydrogen (secondary N) is 1. The van der Waals surface area contributed by atoms with Crippen LogP contribution in [0.3, 0.4) is 0 Å². The number of aryl methyl sites for hydroxylation is 1. The quantitative estimate of drug-likeness (QED) is 0.0467. The molecular weight excluding hydrogens is 969 g/mol. The van der Waals surface area contributed by atoms with E-state index >= 15 is 0 Å². The fraction of sp³-hybridized carbons (Fsp3) is 0.686. The number of thioether (sulfide) groups is 1. The topological polar surface area (TPSA) is 185 Å². The highest BCUT2D eigenvalue weighted by Gasteiger charge is 2.51. The Morgan fingerprint density at radius 1 is 1.11 bits per heavy atom. The fourth-order valence-corrected chi connectivity index (χ4v) is 11.3. The second-order valence-corrected chi connectivity index (χ2v) is 21.6. The predicted octanol–water partition coefficient (Wildman–Crippen LogP) is 7.89. The summed E-state index contributed by atoms with van der Waals surface area (Å²) in [6, 6.07) is 0.236. The number of amides is 4. The van der Waals surface area contributed by atoms with Crippen molar-refractivity contribution < 1.29 is 66.0 Å². The number of epoxide rings is 1. The molecule has 0 radical (unpaired) electrons. The lowest BCUT2D eigenvalue weighted by Gasteiger charge is -2.41. The molecular formula is C51H72ClF3N4O11S. The van der Waals surface area contributed by atoms with Crippen molar-refractivity contribution >= 4 is 64.6 Å². The molecule has 10 atom stereocenters. The van der Waals surface area contributed by atoms with Crippen molar-refractivity contribution in [2.75, 3.05) is 38.4 Å². The molecule has 0 bridgehead atoms. The lowest BCUT2D eigenvalue weighted by molar-refractivity contribution is -0.191. The number of likely N-dealkylation sites (N-methyl/N-ethyl adjacent to an activating group) is 1. The third-order valence-corrected chi connectivity index (χ3v) is 16.2. The smallest absolute Gasteiger partial charge is 0.409 e. The molecule has 15 nitrogen and oxygen atoms in total. The summed E-state index contributed by atoms with van der Waals surface area (Å²) in [4.78, 5) is 81.0. The van der Waals surface area contributed by atoms with Gasteiger partial charge in [0.1, 0.15) is 36.2 Å². The highest BCUT2D eigenvalue weighted by Crippen LogP contribution is 2.38. The lowest BCUT2D eigenvalue weighted by atomic mass is 9.79. The number of benzene rings is 1. The maximum Gasteiger partial charge on any atom is 0.409 e. The number of rotatable bonds is 23. The first-order valence-electron chi connectivity index (χ1n) is 24.5. The summed E-state index contributed by atoms with van der Waals surface area (Å²) < 4.78 is 65.7. The Labute approximate surface area is 424 Å². The molecule has 1 aliphatic carbocycles. The molecule has 0 spiro atoms. The molecule has 5 rings (SSSR count). The number of hydrogen-bond donors (Lipinski definition) is 2. The number of hydrogen-bond acceptors (Lipinski definition) is 13. The van der Waals surface area contributed by atoms with Crippen molar-refractivity contribution in [3.8, 4) is 0 Å². The van der Waals surface area contributed by atoms with Gasteiger partial charge in [-0.05, 0) is 109 Å². The van der Waals surface area contributed by atoms with Crippen LogP contribution in [0.25, 0.3) is 0 Å². The van der Waals surface area contributed by atoms with Gasteiger partial charge in [0.25, 0.3) is 0 Å². The van der Waals surface area contributed by atoms with Crippen molar-refractivity contribution in [2.45, 2.75) is 172 Å². The molecule has 2 N–H and O–H groups in total. The summed E-state index contributed by atoms with van der Waals surface area (Å²) >= 11 is 7.71. The number of cyclic esters (lactones) is 1. The summed E-state index contributed by atoms with van der Waals surface area (Å²) in [5.74, 6) is -2.08. The van der Waals surface area contributed by atoms with Gasteiger partial charge in [0, 0.05) is 51.8 Å². The molecule has 20 heteroatoms. The van der Waals surface area contributed by atoms with Crippen LogP contribution in [0.1, 0.15) is 110 Å². The zero-order valence-corrected chi connectivity index (χ0v) is 44.1. The van der Waals surface area contributed by atoms with E-state index in [9.17, 15) is 47.0 Å². The van der Waals surface area contributed by atoms with Gasteiger partial charge in [0.15, 0.2) is 5.72 Å². The molecule has 1 saturated carbocycles. The van der Waals surface area contributed by atoms with E-state index in [0.29, 0.717) is 29.1 Å². The predicted molar refractivity (Wildman–Crippen MR) is 264 cm³/mol. The number of carbonyl (C=O) groups excluding carboxylic acids is 6. The number of carbonyl (C=O) groups is 6. The summed E-state index contributed by atoms with van der Waals surface area (Å²) in [6.07, 6.45) is 0.268. The standard InChI is InChI=1S/C51H72ClF3N4O11S/c1-11-38(60)36-17-15-34(16-18-36)27-59-44(62)25-40(47(59)63)71-20-19-41(51(53,54)55)57(8)32(6)48(64)68-30(4)23-43(61)58(9)37-24-35(22-29(3)45(37)52)21-28(2)13-12-14-42(67-10)50(66)26-39(70-49(65)56-50)31(5)46-33(7)69-46/h12-14,22,24,30-34,36,39-42,46,66H,11,15-21,23,25-27H2,1-10H3,(H,56,65)/b14-12+,28-13+/t30-,31-,32+,33-,34?,36?,39+,40?,41?,42-,46+,50+/m1/s1. The molecule has 4 aliphatic rings. The Morgan fingerprint density at radius 3 is 2.38 bits per heavy atom. The van der Waals surface area contributed by atoms with Crippen LogP contribution in [-0.4, -0.2) is 144 Å². The Balaban J connectivity index is 1.11. The van der Waals surface area contributed by atoms with Crippen molar-refractivity contribution in [3.63, 3.8) is 0 Å². The number of Topliss-reactive ketones (excluding diaryl/α,β-unsaturated/α-hetero) is 1. The Hall–Kier alpha value is -4.01. The van der Waals surface area contributed by atoms with Crippen LogP contribution in [0.4, 0.5) is 23.7 Å². The molecule has 3 saturated heterocycles. The number of ketones is 1. The molecule has 2 unspecified atom stereocenters. The van der Waals surface area contributed by atoms with Crippen LogP contribution in [0, 0.1) is 24.7 Å². The maximum atomic E-state index is 14.5. The molecule has 396 valence electrons. The number of alkyl halides is 3. The number of ether oxygens (including phenoxy) is 4. The largest absolute Gasteiger partial charge is 0.461 e. The minimum absolute atomic E-state index is 0.0115. The Bertz CT molecular complexity index is 2170. The molecule has 1 aromatic rings. The summed E-state index contributed by atoms with van der Waals surface area (Å²) in [5.41, 5.74) is 1.09. The number of halogens is 4. The van der Waals surface area contributed by atoms with Gasteiger partial charge in [-0.3, -0.25) is 39.1 Å². The highest BCUT2D eigenvalue weighted by atomic mass is 35.5. The number of aliphatic hydroxyl groups is 1. The first-order valence-corrected chi connectivity index (χ1v) is 26.0. The number of nitrogens with zero attached hydrogens (tertiary/aromatic N) is 3. The van der Waals surface area contributed by atoms with Crippen LogP contribution in [0.2, 0.25) is 5.02 Å². The number of anilines is 1. The van der Waals surface area contributed by atoms with E-state index in [-0.39, 0.29) is 73.2 Å². The van der Waals surface area contributed by atoms with Gasteiger partial charge in [-0.1, -0.05) is 55.3 Å². The van der Waals surface area contributed by atoms with E-state index in [1.807, 2.05) is 39.8 Å². The van der Waals surface area contributed by atoms with Gasteiger partial charge in [-0.2, -0.15) is 13.2 Å². The van der Waals surface area contributed by atoms with Gasteiger partial charge in [0.05, 0.1) is 34.6 Å². The number of likely N-dealkylation sites (tertiary alicyclic amines) is 1. The van der Waals surface area contributed by atoms with Crippen LogP contribution < -0.4 is 10.2 Å². The molecule has 4 fully saturated rings. The zero-order valence-electron chi connectivity index (χ0n) is 42.5. The lowest BCUT2D eigenvalue weighted by Crippen LogP contribution is -2.63. The highest BCUT2D eigenvalue weighted by molar-refractivity contribution is 8.00. The normalized spacial score (nSPS) is 27.2. The number of allylic oxidation sites excluding steroid dienone is 3. The number of esters is 1. The van der Waals surface area contributed by atoms with Crippen molar-refractivity contribution in [1.82, 2.24) is 15.1 Å². The summed E-state index contributed by atoms with van der Waals surface area (Å²) in [7, 11) is 4.13. The summed E-state index contributed by atoms with van der Waals surface area (Å²) in [6.45, 7) is 12.4. The third-order valence-electron chi connectivity index (χ3n) is 14.5. The Kier molecular flexibility index (Phi) is 20.2. The first-order chi connectivity index (χ1) is 33.3. The average molecular weight is 1040 g/mol. The van der Waals surface area contributed by atoms with Crippen LogP contribution >= 0.6 is 23.4 Å². The molecule has 3 heterocycles. The SMILES string of the molecule is CCC(=O)C1CCC(CN2C(=O)CC(SCCC(N(C)[C@@H](C)C(=O)O[C@H](C)CC(=O)N(C)c3cc(C/C(C)=C/C=C/[C@@H](OC)[C@@]4(O)C[C@@H]([C@@H](C)[C@@H]5O[C@@H]5C)OC(=O)N4)cc(C)c3Cl)C(F)(F)F)C2=O)CC1. The Morgan fingerprint density at radius 2 is 1.77 bits per heavy atom. The van der Waals surface area contributed by atoms with Crippen LogP contribution in [-0.2, 0) is 49.3 Å². The van der Waals surface area contributed by atoms with Gasteiger partial charge in [-0.25, -0.2) is 4.79 Å². The van der Waals surface area contributed by atoms with Gasteiger partial charge >= 0.3 is 18.2 Å². The minimum Gasteiger partial charge on any atom is -0.461 e. The number of imide groups is 1. The number of methoxy groups -OCH3 is 1. The van der Waals surface area contributed by atoms with E-state index in [1.165, 1.54) is 44.9 Å². The van der Waals surface area contributed by atoms with E-state index < -0.39 is 77.8 Å². The molecule has 0 aromatic heterocycles. The van der Waals surface area contributed by atoms with Crippen molar-refractivity contribution in [3.05, 3.63) is 52.1 Å². The van der Waals surface area contributed by atoms with Crippen molar-refractivity contribution in [2.24, 2.45) is 17.8 Å². The van der Waals surface area contributed by atoms with E-state index in [2.05, 4.69) is 5.32 Å². The minimum atomic E-state index is -4.74. The van der Waals surface area contributed by atoms with Crippen LogP contribution in [0.15, 0.2) is 35.9 Å². The van der Waals surface area contributed by atoms with Crippen LogP contribution in [0.5, 0.6) is 0 Å². The summed E-state index contributed by atoms with van der Waals surface area (Å²) in [5, 5.41) is 13.5. The zero-order chi connectivity index (χ0) is 52.7. The maximum absolute atomic E-state index is 14.5. The van der Waals surface area contributed by atoms with E-state index in [1.54, 1.807) is 25.1 Å². The number of alkyl carbamates (subject to hydrolysis) is 1. The van der Waals surface area contributed by atoms with E-state index in [0.717, 1.165) is 53.5 Å². The second-order valence-electron chi connectivity index (χ2n) is 19.9. The van der Waals surface area contributed by atoms with Gasteiger partial charge in [-0.15, -0.1) is 11.8 Å². The van der Waals surface area contributed by atoms with Gasteiger partial charge < -0.3 is 29.0 Å². The fourth-order valence-electron chi connectivity index (χ4n) is 9.89. The monoisotopic (exact) mass is 1040 g/mol. The van der Waals surface area contributed by atoms with Gasteiger partial charge in [0.2, 0.25) is 17.7 Å². The van der Waals surface area contributed by atoms with Crippen molar-refractivity contribution in [1.29, 1.82) is 0 Å². The second kappa shape index (κ2) is 24.8. The molecule has 3 aliphatic heterocycles.